The average molecular weight is 535 g/mol. The third-order valence-corrected chi connectivity index (χ3v) is 12.1. The van der Waals surface area contributed by atoms with Crippen molar-refractivity contribution in [2.45, 2.75) is 203 Å². The first-order valence-corrected chi connectivity index (χ1v) is 15.7. The summed E-state index contributed by atoms with van der Waals surface area (Å²) in [4.78, 5) is 0. The highest BCUT2D eigenvalue weighted by Crippen LogP contribution is 2.55. The Balaban J connectivity index is 0.838. The van der Waals surface area contributed by atoms with Crippen LogP contribution in [0.4, 0.5) is 0 Å². The molecule has 0 spiro atoms. The van der Waals surface area contributed by atoms with E-state index < -0.39 is 0 Å². The highest BCUT2D eigenvalue weighted by atomic mass is 16.6. The van der Waals surface area contributed by atoms with E-state index in [2.05, 4.69) is 62.3 Å². The van der Waals surface area contributed by atoms with Crippen molar-refractivity contribution >= 4 is 0 Å². The molecule has 6 rings (SSSR count). The van der Waals surface area contributed by atoms with Crippen LogP contribution in [0.15, 0.2) is 0 Å². The maximum absolute atomic E-state index is 6.21. The smallest absolute Gasteiger partial charge is 0.0947 e. The van der Waals surface area contributed by atoms with E-state index in [1.54, 1.807) is 0 Å². The maximum atomic E-state index is 6.21. The van der Waals surface area contributed by atoms with E-state index in [9.17, 15) is 0 Å². The van der Waals surface area contributed by atoms with Crippen molar-refractivity contribution in [1.82, 2.24) is 0 Å². The van der Waals surface area contributed by atoms with Crippen molar-refractivity contribution in [3.8, 4) is 0 Å². The molecule has 6 nitrogen and oxygen atoms in total. The van der Waals surface area contributed by atoms with Crippen LogP contribution in [0.1, 0.15) is 133 Å². The van der Waals surface area contributed by atoms with Crippen molar-refractivity contribution < 1.29 is 28.4 Å². The summed E-state index contributed by atoms with van der Waals surface area (Å²) in [6.45, 7) is 20.2. The maximum Gasteiger partial charge on any atom is 0.0947 e. The molecule has 0 N–H and O–H groups in total. The standard InChI is InChI=1S/C32H54O6/c1-10-27(4)21(33-27)11-16-28(5)22(34-28)12-17-29(6)23(35-29)13-18-30(7)24(36-30)14-19-31(8)25(37-31)15-20-32(9)26(2,3)38-32/h21-25H,10-20H2,1-9H3. The van der Waals surface area contributed by atoms with Gasteiger partial charge in [-0.2, -0.15) is 0 Å². The van der Waals surface area contributed by atoms with Gasteiger partial charge < -0.3 is 28.4 Å². The molecule has 0 aromatic heterocycles. The lowest BCUT2D eigenvalue weighted by Gasteiger charge is -2.10. The number of ether oxygens (including phenoxy) is 6. The monoisotopic (exact) mass is 534 g/mol. The van der Waals surface area contributed by atoms with Gasteiger partial charge in [0.25, 0.3) is 0 Å². The molecule has 0 amide bonds. The zero-order valence-electron chi connectivity index (χ0n) is 25.6. The molecule has 0 bridgehead atoms. The van der Waals surface area contributed by atoms with Gasteiger partial charge in [0, 0.05) is 0 Å². The predicted molar refractivity (Wildman–Crippen MR) is 146 cm³/mol. The van der Waals surface area contributed by atoms with E-state index in [0.717, 1.165) is 70.6 Å². The predicted octanol–water partition coefficient (Wildman–Crippen LogP) is 6.65. The molecule has 0 aromatic rings. The van der Waals surface area contributed by atoms with Gasteiger partial charge in [-0.1, -0.05) is 6.92 Å². The van der Waals surface area contributed by atoms with Gasteiger partial charge in [0.1, 0.15) is 0 Å². The molecule has 0 radical (unpaired) electrons. The van der Waals surface area contributed by atoms with Crippen LogP contribution in [-0.4, -0.2) is 69.7 Å². The van der Waals surface area contributed by atoms with Gasteiger partial charge in [-0.05, 0) is 126 Å². The van der Waals surface area contributed by atoms with Gasteiger partial charge in [0.05, 0.1) is 69.7 Å². The second kappa shape index (κ2) is 8.64. The van der Waals surface area contributed by atoms with Crippen LogP contribution in [0.3, 0.4) is 0 Å². The van der Waals surface area contributed by atoms with Crippen LogP contribution in [0.5, 0.6) is 0 Å². The molecule has 11 atom stereocenters. The van der Waals surface area contributed by atoms with Crippen LogP contribution in [0.25, 0.3) is 0 Å². The summed E-state index contributed by atoms with van der Waals surface area (Å²) >= 11 is 0. The molecule has 0 aromatic carbocycles. The molecular formula is C32H54O6. The molecule has 6 heteroatoms. The lowest BCUT2D eigenvalue weighted by atomic mass is 9.88. The number of hydrogen-bond acceptors (Lipinski definition) is 6. The van der Waals surface area contributed by atoms with Crippen LogP contribution >= 0.6 is 0 Å². The number of hydrogen-bond donors (Lipinski definition) is 0. The van der Waals surface area contributed by atoms with Crippen molar-refractivity contribution in [2.24, 2.45) is 0 Å². The molecule has 6 fully saturated rings. The first-order chi connectivity index (χ1) is 17.6. The van der Waals surface area contributed by atoms with Gasteiger partial charge in [0.15, 0.2) is 0 Å². The third-order valence-electron chi connectivity index (χ3n) is 12.1. The Labute approximate surface area is 231 Å². The summed E-state index contributed by atoms with van der Waals surface area (Å²) < 4.78 is 36.5. The molecular weight excluding hydrogens is 480 g/mol. The average Bonchev–Trinajstić information content (AvgIpc) is 3.58. The van der Waals surface area contributed by atoms with Gasteiger partial charge in [-0.25, -0.2) is 0 Å². The van der Waals surface area contributed by atoms with Crippen LogP contribution < -0.4 is 0 Å². The van der Waals surface area contributed by atoms with Gasteiger partial charge in [0.2, 0.25) is 0 Å². The SMILES string of the molecule is CCC1(C)OC1CCC1(C)OC1CCC1(C)OC1CCC1(C)OC1CCC1(C)OC1CCC1(C)OC1(C)C. The van der Waals surface area contributed by atoms with E-state index >= 15 is 0 Å². The molecule has 38 heavy (non-hydrogen) atoms. The normalized spacial score (nSPS) is 55.0. The number of rotatable bonds is 16. The number of epoxide rings is 6. The van der Waals surface area contributed by atoms with E-state index in [1.165, 1.54) is 0 Å². The Kier molecular flexibility index (Phi) is 6.35. The molecule has 218 valence electrons. The fourth-order valence-corrected chi connectivity index (χ4v) is 7.43. The lowest BCUT2D eigenvalue weighted by molar-refractivity contribution is 0.255. The fraction of sp³-hybridized carbons (Fsp3) is 1.00. The van der Waals surface area contributed by atoms with E-state index in [0.29, 0.717) is 30.5 Å². The van der Waals surface area contributed by atoms with E-state index in [4.69, 9.17) is 28.4 Å². The largest absolute Gasteiger partial charge is 0.366 e. The highest BCUT2D eigenvalue weighted by molar-refractivity contribution is 5.11. The summed E-state index contributed by atoms with van der Waals surface area (Å²) in [5, 5.41) is 0. The summed E-state index contributed by atoms with van der Waals surface area (Å²) in [6, 6.07) is 0. The van der Waals surface area contributed by atoms with Crippen LogP contribution in [0.2, 0.25) is 0 Å². The van der Waals surface area contributed by atoms with Crippen molar-refractivity contribution in [3.05, 3.63) is 0 Å². The summed E-state index contributed by atoms with van der Waals surface area (Å²) in [5.74, 6) is 0. The van der Waals surface area contributed by atoms with Crippen molar-refractivity contribution in [3.63, 3.8) is 0 Å². The van der Waals surface area contributed by atoms with E-state index in [-0.39, 0.29) is 39.2 Å². The molecule has 6 saturated heterocycles. The lowest BCUT2D eigenvalue weighted by Crippen LogP contribution is -2.19. The molecule has 0 aliphatic carbocycles. The molecule has 6 aliphatic heterocycles. The second-order valence-electron chi connectivity index (χ2n) is 15.5. The topological polar surface area (TPSA) is 75.2 Å². The third kappa shape index (κ3) is 5.25. The van der Waals surface area contributed by atoms with Crippen LogP contribution in [-0.2, 0) is 28.4 Å². The first kappa shape index (κ1) is 27.9. The fourth-order valence-electron chi connectivity index (χ4n) is 7.43. The zero-order chi connectivity index (χ0) is 27.4. The van der Waals surface area contributed by atoms with Gasteiger partial charge in [-0.15, -0.1) is 0 Å². The molecule has 11 unspecified atom stereocenters. The van der Waals surface area contributed by atoms with Crippen molar-refractivity contribution in [2.75, 3.05) is 0 Å². The summed E-state index contributed by atoms with van der Waals surface area (Å²) in [7, 11) is 0. The second-order valence-corrected chi connectivity index (χ2v) is 15.5. The minimum atomic E-state index is 0.0169. The van der Waals surface area contributed by atoms with Gasteiger partial charge >= 0.3 is 0 Å². The Bertz CT molecular complexity index is 939. The summed E-state index contributed by atoms with van der Waals surface area (Å²) in [6.07, 6.45) is 13.9. The zero-order valence-corrected chi connectivity index (χ0v) is 25.6. The molecule has 0 saturated carbocycles. The quantitative estimate of drug-likeness (QED) is 0.206. The molecule has 6 heterocycles. The Morgan fingerprint density at radius 3 is 0.947 bits per heavy atom. The van der Waals surface area contributed by atoms with Gasteiger partial charge in [-0.3, -0.25) is 0 Å². The highest BCUT2D eigenvalue weighted by Gasteiger charge is 2.63. The Morgan fingerprint density at radius 1 is 0.421 bits per heavy atom. The first-order valence-electron chi connectivity index (χ1n) is 15.7. The van der Waals surface area contributed by atoms with Crippen LogP contribution in [0, 0.1) is 0 Å². The Hall–Kier alpha value is -0.240. The minimum absolute atomic E-state index is 0.0169. The molecule has 6 aliphatic rings. The van der Waals surface area contributed by atoms with E-state index in [1.807, 2.05) is 0 Å². The Morgan fingerprint density at radius 2 is 0.684 bits per heavy atom. The summed E-state index contributed by atoms with van der Waals surface area (Å²) in [5.41, 5.74) is 0.295. The minimum Gasteiger partial charge on any atom is -0.366 e. The van der Waals surface area contributed by atoms with Crippen molar-refractivity contribution in [1.29, 1.82) is 0 Å².